The molecule has 0 bridgehead atoms. The van der Waals surface area contributed by atoms with Crippen LogP contribution in [0.1, 0.15) is 49.5 Å². The monoisotopic (exact) mass is 431 g/mol. The molecule has 2 rings (SSSR count). The van der Waals surface area contributed by atoms with Crippen LogP contribution in [0.25, 0.3) is 0 Å². The van der Waals surface area contributed by atoms with Gasteiger partial charge < -0.3 is 20.3 Å². The number of hydrogen-bond acceptors (Lipinski definition) is 5. The van der Waals surface area contributed by atoms with Crippen LogP contribution in [0.4, 0.5) is 4.79 Å². The number of ether oxygens (including phenoxy) is 1. The number of aliphatic imine (C=N–C) groups is 1. The largest absolute Gasteiger partial charge is 0.444 e. The zero-order valence-electron chi connectivity index (χ0n) is 18.8. The van der Waals surface area contributed by atoms with Gasteiger partial charge in [0, 0.05) is 32.6 Å². The summed E-state index contributed by atoms with van der Waals surface area (Å²) < 4.78 is 5.39. The van der Waals surface area contributed by atoms with Crippen molar-refractivity contribution in [3.05, 3.63) is 51.5 Å². The Morgan fingerprint density at radius 1 is 1.17 bits per heavy atom. The molecule has 0 atom stereocenters. The van der Waals surface area contributed by atoms with Crippen LogP contribution in [0.3, 0.4) is 0 Å². The molecular formula is C22H33N5O2S. The van der Waals surface area contributed by atoms with E-state index in [1.807, 2.05) is 45.0 Å². The summed E-state index contributed by atoms with van der Waals surface area (Å²) >= 11 is 1.68. The minimum Gasteiger partial charge on any atom is -0.444 e. The SMILES string of the molecule is CCc1nc(CNC(=NC)NCc2ccc(CN(C)C(=O)OC(C)(C)C)cc2)cs1. The summed E-state index contributed by atoms with van der Waals surface area (Å²) in [7, 11) is 3.49. The molecular weight excluding hydrogens is 398 g/mol. The van der Waals surface area contributed by atoms with E-state index in [4.69, 9.17) is 4.74 Å². The van der Waals surface area contributed by atoms with Gasteiger partial charge in [-0.2, -0.15) is 0 Å². The lowest BCUT2D eigenvalue weighted by Crippen LogP contribution is -2.36. The summed E-state index contributed by atoms with van der Waals surface area (Å²) in [6, 6.07) is 8.14. The minimum absolute atomic E-state index is 0.325. The summed E-state index contributed by atoms with van der Waals surface area (Å²) in [6.07, 6.45) is 0.635. The number of rotatable bonds is 7. The number of carbonyl (C=O) groups excluding carboxylic acids is 1. The van der Waals surface area contributed by atoms with Crippen molar-refractivity contribution in [2.75, 3.05) is 14.1 Å². The highest BCUT2D eigenvalue weighted by Crippen LogP contribution is 2.12. The molecule has 30 heavy (non-hydrogen) atoms. The predicted molar refractivity (Wildman–Crippen MR) is 123 cm³/mol. The third-order valence-corrected chi connectivity index (χ3v) is 5.21. The first-order valence-corrected chi connectivity index (χ1v) is 11.0. The van der Waals surface area contributed by atoms with Crippen molar-refractivity contribution in [3.63, 3.8) is 0 Å². The average Bonchev–Trinajstić information content (AvgIpc) is 3.16. The van der Waals surface area contributed by atoms with Crippen LogP contribution in [0, 0.1) is 0 Å². The fourth-order valence-electron chi connectivity index (χ4n) is 2.61. The first kappa shape index (κ1) is 23.7. The first-order valence-electron chi connectivity index (χ1n) is 10.1. The van der Waals surface area contributed by atoms with Crippen LogP contribution >= 0.6 is 11.3 Å². The smallest absolute Gasteiger partial charge is 0.410 e. The molecule has 1 aromatic carbocycles. The molecule has 2 aromatic rings. The Bertz CT molecular complexity index is 840. The molecule has 7 nitrogen and oxygen atoms in total. The second-order valence-electron chi connectivity index (χ2n) is 8.02. The van der Waals surface area contributed by atoms with Crippen LogP contribution in [0.2, 0.25) is 0 Å². The van der Waals surface area contributed by atoms with Crippen molar-refractivity contribution < 1.29 is 9.53 Å². The number of nitrogens with one attached hydrogen (secondary N) is 2. The second-order valence-corrected chi connectivity index (χ2v) is 8.96. The third-order valence-electron chi connectivity index (χ3n) is 4.17. The Balaban J connectivity index is 1.80. The Hall–Kier alpha value is -2.61. The molecule has 0 saturated carbocycles. The summed E-state index contributed by atoms with van der Waals surface area (Å²) in [5.74, 6) is 0.731. The zero-order chi connectivity index (χ0) is 22.1. The quantitative estimate of drug-likeness (QED) is 0.513. The Morgan fingerprint density at radius 2 is 1.80 bits per heavy atom. The maximum atomic E-state index is 12.1. The number of nitrogens with zero attached hydrogens (tertiary/aromatic N) is 3. The van der Waals surface area contributed by atoms with E-state index >= 15 is 0 Å². The fourth-order valence-corrected chi connectivity index (χ4v) is 3.36. The molecule has 1 aromatic heterocycles. The molecule has 1 heterocycles. The van der Waals surface area contributed by atoms with E-state index in [0.29, 0.717) is 19.6 Å². The highest BCUT2D eigenvalue weighted by Gasteiger charge is 2.19. The van der Waals surface area contributed by atoms with Crippen molar-refractivity contribution in [2.45, 2.75) is 59.4 Å². The number of aryl methyl sites for hydroxylation is 1. The number of amides is 1. The predicted octanol–water partition coefficient (Wildman–Crippen LogP) is 3.94. The second kappa shape index (κ2) is 11.0. The molecule has 1 amide bonds. The molecule has 0 aliphatic carbocycles. The molecule has 164 valence electrons. The van der Waals surface area contributed by atoms with Gasteiger partial charge >= 0.3 is 6.09 Å². The Kier molecular flexibility index (Phi) is 8.65. The number of guanidine groups is 1. The molecule has 0 radical (unpaired) electrons. The lowest BCUT2D eigenvalue weighted by molar-refractivity contribution is 0.0285. The van der Waals surface area contributed by atoms with Crippen molar-refractivity contribution in [1.82, 2.24) is 20.5 Å². The van der Waals surface area contributed by atoms with Crippen molar-refractivity contribution in [3.8, 4) is 0 Å². The average molecular weight is 432 g/mol. The van der Waals surface area contributed by atoms with E-state index in [-0.39, 0.29) is 6.09 Å². The van der Waals surface area contributed by atoms with Gasteiger partial charge in [0.1, 0.15) is 5.60 Å². The van der Waals surface area contributed by atoms with E-state index < -0.39 is 5.60 Å². The Morgan fingerprint density at radius 3 is 2.37 bits per heavy atom. The minimum atomic E-state index is -0.495. The molecule has 0 fully saturated rings. The summed E-state index contributed by atoms with van der Waals surface area (Å²) in [6.45, 7) is 9.50. The zero-order valence-corrected chi connectivity index (χ0v) is 19.6. The van der Waals surface area contributed by atoms with Gasteiger partial charge in [0.2, 0.25) is 0 Å². The van der Waals surface area contributed by atoms with Gasteiger partial charge in [-0.15, -0.1) is 11.3 Å². The number of thiazole rings is 1. The van der Waals surface area contributed by atoms with Crippen LogP contribution in [-0.4, -0.2) is 41.6 Å². The number of carbonyl (C=O) groups is 1. The van der Waals surface area contributed by atoms with Gasteiger partial charge in [-0.1, -0.05) is 31.2 Å². The maximum absolute atomic E-state index is 12.1. The van der Waals surface area contributed by atoms with E-state index in [2.05, 4.69) is 32.9 Å². The lowest BCUT2D eigenvalue weighted by atomic mass is 10.1. The van der Waals surface area contributed by atoms with E-state index in [1.165, 1.54) is 0 Å². The first-order chi connectivity index (χ1) is 14.2. The molecule has 8 heteroatoms. The van der Waals surface area contributed by atoms with Gasteiger partial charge in [0.15, 0.2) is 5.96 Å². The summed E-state index contributed by atoms with van der Waals surface area (Å²) in [4.78, 5) is 22.5. The van der Waals surface area contributed by atoms with Crippen molar-refractivity contribution >= 4 is 23.4 Å². The highest BCUT2D eigenvalue weighted by molar-refractivity contribution is 7.09. The lowest BCUT2D eigenvalue weighted by Gasteiger charge is -2.24. The fraction of sp³-hybridized carbons (Fsp3) is 0.500. The van der Waals surface area contributed by atoms with Crippen molar-refractivity contribution in [2.24, 2.45) is 4.99 Å². The molecule has 0 saturated heterocycles. The van der Waals surface area contributed by atoms with Crippen molar-refractivity contribution in [1.29, 1.82) is 0 Å². The Labute approximate surface area is 183 Å². The summed E-state index contributed by atoms with van der Waals surface area (Å²) in [5, 5.41) is 9.82. The number of aromatic nitrogens is 1. The number of benzene rings is 1. The van der Waals surface area contributed by atoms with E-state index in [9.17, 15) is 4.79 Å². The van der Waals surface area contributed by atoms with E-state index in [0.717, 1.165) is 34.2 Å². The highest BCUT2D eigenvalue weighted by atomic mass is 32.1. The maximum Gasteiger partial charge on any atom is 0.410 e. The molecule has 2 N–H and O–H groups in total. The van der Waals surface area contributed by atoms with Crippen LogP contribution < -0.4 is 10.6 Å². The van der Waals surface area contributed by atoms with Crippen LogP contribution in [0.15, 0.2) is 34.6 Å². The van der Waals surface area contributed by atoms with Gasteiger partial charge in [0.05, 0.1) is 17.2 Å². The standard InChI is InChI=1S/C22H33N5O2S/c1-7-19-26-18(15-30-19)13-25-20(23-5)24-12-16-8-10-17(11-9-16)14-27(6)21(28)29-22(2,3)4/h8-11,15H,7,12-14H2,1-6H3,(H2,23,24,25). The van der Waals surface area contributed by atoms with Crippen LogP contribution in [0.5, 0.6) is 0 Å². The van der Waals surface area contributed by atoms with Crippen LogP contribution in [-0.2, 0) is 30.8 Å². The summed E-state index contributed by atoms with van der Waals surface area (Å²) in [5.41, 5.74) is 2.71. The van der Waals surface area contributed by atoms with Gasteiger partial charge in [-0.3, -0.25) is 4.99 Å². The van der Waals surface area contributed by atoms with E-state index in [1.54, 1.807) is 30.3 Å². The third kappa shape index (κ3) is 8.02. The normalized spacial score (nSPS) is 11.9. The molecule has 0 spiro atoms. The molecule has 0 aliphatic rings. The van der Waals surface area contributed by atoms with Gasteiger partial charge in [-0.05, 0) is 38.3 Å². The van der Waals surface area contributed by atoms with Gasteiger partial charge in [0.25, 0.3) is 0 Å². The van der Waals surface area contributed by atoms with Gasteiger partial charge in [-0.25, -0.2) is 9.78 Å². The number of hydrogen-bond donors (Lipinski definition) is 2. The molecule has 0 unspecified atom stereocenters. The topological polar surface area (TPSA) is 78.9 Å². The molecule has 0 aliphatic heterocycles.